The van der Waals surface area contributed by atoms with Gasteiger partial charge in [0.1, 0.15) is 17.4 Å². The largest absolute Gasteiger partial charge is 0.491 e. The number of hydrogen-bond acceptors (Lipinski definition) is 3. The molecule has 0 saturated carbocycles. The van der Waals surface area contributed by atoms with E-state index in [0.29, 0.717) is 0 Å². The van der Waals surface area contributed by atoms with Crippen LogP contribution in [0.1, 0.15) is 39.7 Å². The van der Waals surface area contributed by atoms with Gasteiger partial charge >= 0.3 is 0 Å². The van der Waals surface area contributed by atoms with Crippen molar-refractivity contribution in [3.8, 4) is 11.8 Å². The molecular formula is C17H22N2O2. The molecule has 0 heterocycles. The maximum absolute atomic E-state index is 11.9. The first-order valence-electron chi connectivity index (χ1n) is 7.15. The summed E-state index contributed by atoms with van der Waals surface area (Å²) in [4.78, 5) is 11.9. The third-order valence-corrected chi connectivity index (χ3v) is 2.92. The normalized spacial score (nSPS) is 12.7. The van der Waals surface area contributed by atoms with Gasteiger partial charge in [-0.25, -0.2) is 0 Å². The van der Waals surface area contributed by atoms with Crippen LogP contribution in [0.5, 0.6) is 5.75 Å². The molecule has 0 aliphatic carbocycles. The summed E-state index contributed by atoms with van der Waals surface area (Å²) in [6.45, 7) is 7.81. The number of ether oxygens (including phenoxy) is 1. The predicted molar refractivity (Wildman–Crippen MR) is 83.7 cm³/mol. The quantitative estimate of drug-likeness (QED) is 0.644. The van der Waals surface area contributed by atoms with Crippen molar-refractivity contribution < 1.29 is 9.53 Å². The van der Waals surface area contributed by atoms with Crippen LogP contribution in [0.25, 0.3) is 6.08 Å². The number of rotatable bonds is 6. The molecular weight excluding hydrogens is 264 g/mol. The zero-order chi connectivity index (χ0) is 15.8. The summed E-state index contributed by atoms with van der Waals surface area (Å²) < 4.78 is 5.55. The maximum Gasteiger partial charge on any atom is 0.262 e. The molecule has 4 nitrogen and oxygen atoms in total. The standard InChI is InChI=1S/C17H22N2O2/c1-5-13(4)19-17(20)15(11-18)10-14-6-8-16(9-7-14)21-12(2)3/h6-10,12-13H,5H2,1-4H3,(H,19,20)/b15-10+/t13-/m0/s1. The minimum atomic E-state index is -0.339. The van der Waals surface area contributed by atoms with Crippen molar-refractivity contribution in [2.75, 3.05) is 0 Å². The Balaban J connectivity index is 2.83. The average Bonchev–Trinajstić information content (AvgIpc) is 2.45. The lowest BCUT2D eigenvalue weighted by Gasteiger charge is -2.11. The molecule has 1 atom stereocenters. The maximum atomic E-state index is 11.9. The van der Waals surface area contributed by atoms with Crippen molar-refractivity contribution in [2.24, 2.45) is 0 Å². The van der Waals surface area contributed by atoms with Crippen LogP contribution in [0.2, 0.25) is 0 Å². The van der Waals surface area contributed by atoms with Crippen LogP contribution in [-0.2, 0) is 4.79 Å². The van der Waals surface area contributed by atoms with Gasteiger partial charge in [0.05, 0.1) is 6.10 Å². The molecule has 0 radical (unpaired) electrons. The van der Waals surface area contributed by atoms with Crippen LogP contribution >= 0.6 is 0 Å². The Labute approximate surface area is 126 Å². The molecule has 0 spiro atoms. The van der Waals surface area contributed by atoms with E-state index in [1.807, 2.05) is 58.0 Å². The van der Waals surface area contributed by atoms with Crippen molar-refractivity contribution >= 4 is 12.0 Å². The highest BCUT2D eigenvalue weighted by Gasteiger charge is 2.11. The van der Waals surface area contributed by atoms with Gasteiger partial charge in [0, 0.05) is 6.04 Å². The summed E-state index contributed by atoms with van der Waals surface area (Å²) >= 11 is 0. The Hall–Kier alpha value is -2.28. The molecule has 1 aromatic carbocycles. The first-order chi connectivity index (χ1) is 9.96. The van der Waals surface area contributed by atoms with E-state index >= 15 is 0 Å². The fourth-order valence-corrected chi connectivity index (χ4v) is 1.63. The number of benzene rings is 1. The van der Waals surface area contributed by atoms with Crippen LogP contribution in [0, 0.1) is 11.3 Å². The highest BCUT2D eigenvalue weighted by Crippen LogP contribution is 2.16. The van der Waals surface area contributed by atoms with Gasteiger partial charge in [-0.1, -0.05) is 19.1 Å². The number of amides is 1. The molecule has 112 valence electrons. The van der Waals surface area contributed by atoms with E-state index in [9.17, 15) is 4.79 Å². The monoisotopic (exact) mass is 286 g/mol. The molecule has 1 amide bonds. The van der Waals surface area contributed by atoms with Crippen molar-refractivity contribution in [1.29, 1.82) is 5.26 Å². The van der Waals surface area contributed by atoms with Crippen molar-refractivity contribution in [3.63, 3.8) is 0 Å². The number of carbonyl (C=O) groups excluding carboxylic acids is 1. The molecule has 1 rings (SSSR count). The van der Waals surface area contributed by atoms with Gasteiger partial charge in [-0.3, -0.25) is 4.79 Å². The summed E-state index contributed by atoms with van der Waals surface area (Å²) in [6, 6.07) is 9.30. The molecule has 21 heavy (non-hydrogen) atoms. The van der Waals surface area contributed by atoms with Crippen LogP contribution in [0.3, 0.4) is 0 Å². The third kappa shape index (κ3) is 5.70. The minimum Gasteiger partial charge on any atom is -0.491 e. The molecule has 0 saturated heterocycles. The first-order valence-corrected chi connectivity index (χ1v) is 7.15. The fourth-order valence-electron chi connectivity index (χ4n) is 1.63. The van der Waals surface area contributed by atoms with Gasteiger partial charge in [-0.05, 0) is 51.0 Å². The van der Waals surface area contributed by atoms with E-state index < -0.39 is 0 Å². The lowest BCUT2D eigenvalue weighted by Crippen LogP contribution is -2.32. The van der Waals surface area contributed by atoms with Crippen LogP contribution in [0.4, 0.5) is 0 Å². The minimum absolute atomic E-state index is 0.0519. The summed E-state index contributed by atoms with van der Waals surface area (Å²) in [5.41, 5.74) is 0.898. The Kier molecular flexibility index (Phi) is 6.48. The molecule has 0 fully saturated rings. The molecule has 0 unspecified atom stereocenters. The topological polar surface area (TPSA) is 62.1 Å². The first kappa shape index (κ1) is 16.8. The van der Waals surface area contributed by atoms with Gasteiger partial charge in [-0.2, -0.15) is 5.26 Å². The molecule has 0 aliphatic rings. The number of nitrogens with zero attached hydrogens (tertiary/aromatic N) is 1. The van der Waals surface area contributed by atoms with Crippen molar-refractivity contribution in [3.05, 3.63) is 35.4 Å². The summed E-state index contributed by atoms with van der Waals surface area (Å²) in [5, 5.41) is 11.9. The van der Waals surface area contributed by atoms with Gasteiger partial charge in [0.25, 0.3) is 5.91 Å². The summed E-state index contributed by atoms with van der Waals surface area (Å²) in [7, 11) is 0. The highest BCUT2D eigenvalue weighted by molar-refractivity contribution is 6.01. The predicted octanol–water partition coefficient (Wildman–Crippen LogP) is 3.30. The molecule has 0 aromatic heterocycles. The second-order valence-corrected chi connectivity index (χ2v) is 5.19. The van der Waals surface area contributed by atoms with E-state index in [1.54, 1.807) is 6.08 Å². The van der Waals surface area contributed by atoms with Crippen LogP contribution in [-0.4, -0.2) is 18.1 Å². The second-order valence-electron chi connectivity index (χ2n) is 5.19. The molecule has 1 aromatic rings. The molecule has 0 bridgehead atoms. The fraction of sp³-hybridized carbons (Fsp3) is 0.412. The molecule has 1 N–H and O–H groups in total. The lowest BCUT2D eigenvalue weighted by atomic mass is 10.1. The van der Waals surface area contributed by atoms with Crippen LogP contribution in [0.15, 0.2) is 29.8 Å². The Morgan fingerprint density at radius 3 is 2.43 bits per heavy atom. The third-order valence-electron chi connectivity index (χ3n) is 2.92. The van der Waals surface area contributed by atoms with Gasteiger partial charge in [0.15, 0.2) is 0 Å². The Bertz CT molecular complexity index is 539. The van der Waals surface area contributed by atoms with E-state index in [4.69, 9.17) is 10.00 Å². The zero-order valence-corrected chi connectivity index (χ0v) is 13.0. The summed E-state index contributed by atoms with van der Waals surface area (Å²) in [5.74, 6) is 0.430. The van der Waals surface area contributed by atoms with E-state index in [-0.39, 0.29) is 23.6 Å². The number of carbonyl (C=O) groups is 1. The molecule has 4 heteroatoms. The average molecular weight is 286 g/mol. The zero-order valence-electron chi connectivity index (χ0n) is 13.0. The number of nitriles is 1. The van der Waals surface area contributed by atoms with Gasteiger partial charge in [0.2, 0.25) is 0 Å². The molecule has 0 aliphatic heterocycles. The summed E-state index contributed by atoms with van der Waals surface area (Å²) in [6.07, 6.45) is 2.52. The van der Waals surface area contributed by atoms with Crippen LogP contribution < -0.4 is 10.1 Å². The Morgan fingerprint density at radius 2 is 1.95 bits per heavy atom. The van der Waals surface area contributed by atoms with Gasteiger partial charge < -0.3 is 10.1 Å². The van der Waals surface area contributed by atoms with E-state index in [2.05, 4.69) is 5.32 Å². The van der Waals surface area contributed by atoms with Crippen molar-refractivity contribution in [2.45, 2.75) is 46.3 Å². The van der Waals surface area contributed by atoms with E-state index in [0.717, 1.165) is 17.7 Å². The van der Waals surface area contributed by atoms with Gasteiger partial charge in [-0.15, -0.1) is 0 Å². The van der Waals surface area contributed by atoms with Crippen molar-refractivity contribution in [1.82, 2.24) is 5.32 Å². The highest BCUT2D eigenvalue weighted by atomic mass is 16.5. The van der Waals surface area contributed by atoms with E-state index in [1.165, 1.54) is 0 Å². The Morgan fingerprint density at radius 1 is 1.33 bits per heavy atom. The lowest BCUT2D eigenvalue weighted by molar-refractivity contribution is -0.117. The number of nitrogens with one attached hydrogen (secondary N) is 1. The SMILES string of the molecule is CC[C@H](C)NC(=O)/C(C#N)=C/c1ccc(OC(C)C)cc1. The smallest absolute Gasteiger partial charge is 0.262 e. The number of hydrogen-bond donors (Lipinski definition) is 1. The second kappa shape index (κ2) is 8.11.